The van der Waals surface area contributed by atoms with E-state index in [1.165, 1.54) is 13.5 Å². The van der Waals surface area contributed by atoms with Crippen LogP contribution in [0.4, 0.5) is 0 Å². The molecule has 88 valence electrons. The molecule has 4 nitrogen and oxygen atoms in total. The fourth-order valence-electron chi connectivity index (χ4n) is 1.71. The van der Waals surface area contributed by atoms with Gasteiger partial charge in [-0.1, -0.05) is 20.3 Å². The van der Waals surface area contributed by atoms with E-state index in [1.54, 1.807) is 0 Å². The van der Waals surface area contributed by atoms with Crippen LogP contribution in [0.2, 0.25) is 0 Å². The van der Waals surface area contributed by atoms with Crippen molar-refractivity contribution in [1.82, 2.24) is 4.90 Å². The van der Waals surface area contributed by atoms with Gasteiger partial charge < -0.3 is 9.47 Å². The molecule has 1 aliphatic rings. The van der Waals surface area contributed by atoms with Crippen molar-refractivity contribution in [2.24, 2.45) is 5.92 Å². The lowest BCUT2D eigenvalue weighted by Crippen LogP contribution is -2.47. The number of hydrogen-bond acceptors (Lipinski definition) is 4. The van der Waals surface area contributed by atoms with Gasteiger partial charge in [-0.3, -0.25) is 4.90 Å². The highest BCUT2D eigenvalue weighted by atomic mass is 16.6. The van der Waals surface area contributed by atoms with Crippen molar-refractivity contribution in [2.45, 2.75) is 26.4 Å². The number of ether oxygens (including phenoxy) is 2. The SMILES string of the molecule is CCC(C)CN1CCOC(C(=O)OC)C1. The molecule has 4 heteroatoms. The van der Waals surface area contributed by atoms with Gasteiger partial charge in [0, 0.05) is 19.6 Å². The summed E-state index contributed by atoms with van der Waals surface area (Å²) in [6, 6.07) is 0. The van der Waals surface area contributed by atoms with E-state index in [1.807, 2.05) is 0 Å². The van der Waals surface area contributed by atoms with Gasteiger partial charge in [0.25, 0.3) is 0 Å². The molecule has 1 saturated heterocycles. The van der Waals surface area contributed by atoms with Crippen molar-refractivity contribution < 1.29 is 14.3 Å². The molecule has 1 aliphatic heterocycles. The van der Waals surface area contributed by atoms with Crippen LogP contribution in [-0.4, -0.2) is 50.3 Å². The second-order valence-electron chi connectivity index (χ2n) is 4.16. The van der Waals surface area contributed by atoms with Gasteiger partial charge in [0.1, 0.15) is 0 Å². The lowest BCUT2D eigenvalue weighted by atomic mass is 10.1. The molecule has 0 aromatic carbocycles. The van der Waals surface area contributed by atoms with Crippen LogP contribution in [0, 0.1) is 5.92 Å². The Morgan fingerprint density at radius 3 is 3.00 bits per heavy atom. The minimum absolute atomic E-state index is 0.260. The van der Waals surface area contributed by atoms with Crippen molar-refractivity contribution in [2.75, 3.05) is 33.4 Å². The molecule has 1 fully saturated rings. The summed E-state index contributed by atoms with van der Waals surface area (Å²) >= 11 is 0. The van der Waals surface area contributed by atoms with Gasteiger partial charge in [0.05, 0.1) is 13.7 Å². The van der Waals surface area contributed by atoms with Crippen LogP contribution in [0.5, 0.6) is 0 Å². The molecular weight excluding hydrogens is 194 g/mol. The van der Waals surface area contributed by atoms with Gasteiger partial charge in [-0.25, -0.2) is 4.79 Å². The fraction of sp³-hybridized carbons (Fsp3) is 0.909. The summed E-state index contributed by atoms with van der Waals surface area (Å²) in [7, 11) is 1.40. The molecule has 1 rings (SSSR count). The first kappa shape index (κ1) is 12.5. The Morgan fingerprint density at radius 1 is 1.67 bits per heavy atom. The molecule has 0 radical (unpaired) electrons. The molecule has 0 N–H and O–H groups in total. The molecular formula is C11H21NO3. The number of esters is 1. The second kappa shape index (κ2) is 6.08. The fourth-order valence-corrected chi connectivity index (χ4v) is 1.71. The van der Waals surface area contributed by atoms with Crippen LogP contribution in [0.25, 0.3) is 0 Å². The predicted molar refractivity (Wildman–Crippen MR) is 57.7 cm³/mol. The van der Waals surface area contributed by atoms with Crippen LogP contribution in [0.3, 0.4) is 0 Å². The summed E-state index contributed by atoms with van der Waals surface area (Å²) in [6.07, 6.45) is 0.771. The Hall–Kier alpha value is -0.610. The van der Waals surface area contributed by atoms with Crippen LogP contribution in [0.1, 0.15) is 20.3 Å². The van der Waals surface area contributed by atoms with Gasteiger partial charge in [-0.15, -0.1) is 0 Å². The Labute approximate surface area is 91.5 Å². The van der Waals surface area contributed by atoms with Gasteiger partial charge >= 0.3 is 5.97 Å². The molecule has 0 amide bonds. The van der Waals surface area contributed by atoms with Crippen molar-refractivity contribution in [1.29, 1.82) is 0 Å². The summed E-state index contributed by atoms with van der Waals surface area (Å²) < 4.78 is 10.0. The maximum Gasteiger partial charge on any atom is 0.336 e. The highest BCUT2D eigenvalue weighted by molar-refractivity contribution is 5.74. The third kappa shape index (κ3) is 3.80. The standard InChI is InChI=1S/C11H21NO3/c1-4-9(2)7-12-5-6-15-10(8-12)11(13)14-3/h9-10H,4-8H2,1-3H3. The van der Waals surface area contributed by atoms with Crippen LogP contribution in [-0.2, 0) is 14.3 Å². The van der Waals surface area contributed by atoms with E-state index in [9.17, 15) is 4.79 Å². The van der Waals surface area contributed by atoms with Gasteiger partial charge in [0.2, 0.25) is 0 Å². The Kier molecular flexibility index (Phi) is 5.05. The number of carbonyl (C=O) groups is 1. The number of morpholine rings is 1. The zero-order valence-electron chi connectivity index (χ0n) is 9.86. The zero-order valence-corrected chi connectivity index (χ0v) is 9.86. The molecule has 15 heavy (non-hydrogen) atoms. The predicted octanol–water partition coefficient (Wildman–Crippen LogP) is 0.906. The summed E-state index contributed by atoms with van der Waals surface area (Å²) in [5, 5.41) is 0. The smallest absolute Gasteiger partial charge is 0.336 e. The van der Waals surface area contributed by atoms with Gasteiger partial charge in [-0.05, 0) is 5.92 Å². The molecule has 2 unspecified atom stereocenters. The molecule has 0 aliphatic carbocycles. The first-order valence-corrected chi connectivity index (χ1v) is 5.59. The normalized spacial score (nSPS) is 24.9. The van der Waals surface area contributed by atoms with Gasteiger partial charge in [0.15, 0.2) is 6.10 Å². The highest BCUT2D eigenvalue weighted by Crippen LogP contribution is 2.10. The van der Waals surface area contributed by atoms with Crippen molar-refractivity contribution in [3.63, 3.8) is 0 Å². The molecule has 0 aromatic heterocycles. The first-order chi connectivity index (χ1) is 7.17. The lowest BCUT2D eigenvalue weighted by molar-refractivity contribution is -0.159. The van der Waals surface area contributed by atoms with Crippen LogP contribution >= 0.6 is 0 Å². The van der Waals surface area contributed by atoms with E-state index in [2.05, 4.69) is 23.5 Å². The summed E-state index contributed by atoms with van der Waals surface area (Å²) in [4.78, 5) is 13.6. The van der Waals surface area contributed by atoms with Crippen molar-refractivity contribution >= 4 is 5.97 Å². The summed E-state index contributed by atoms with van der Waals surface area (Å²) in [6.45, 7) is 7.64. The van der Waals surface area contributed by atoms with E-state index in [0.29, 0.717) is 19.1 Å². The monoisotopic (exact) mass is 215 g/mol. The molecule has 0 bridgehead atoms. The van der Waals surface area contributed by atoms with E-state index in [-0.39, 0.29) is 5.97 Å². The van der Waals surface area contributed by atoms with E-state index >= 15 is 0 Å². The molecule has 0 aromatic rings. The van der Waals surface area contributed by atoms with Crippen LogP contribution < -0.4 is 0 Å². The minimum Gasteiger partial charge on any atom is -0.467 e. The van der Waals surface area contributed by atoms with Crippen molar-refractivity contribution in [3.05, 3.63) is 0 Å². The van der Waals surface area contributed by atoms with E-state index in [4.69, 9.17) is 4.74 Å². The zero-order chi connectivity index (χ0) is 11.3. The van der Waals surface area contributed by atoms with Crippen molar-refractivity contribution in [3.8, 4) is 0 Å². The molecule has 2 atom stereocenters. The maximum atomic E-state index is 11.3. The first-order valence-electron chi connectivity index (χ1n) is 5.59. The average Bonchev–Trinajstić information content (AvgIpc) is 2.28. The summed E-state index contributed by atoms with van der Waals surface area (Å²) in [5.41, 5.74) is 0. The number of rotatable bonds is 4. The molecule has 0 saturated carbocycles. The largest absolute Gasteiger partial charge is 0.467 e. The Balaban J connectivity index is 2.38. The van der Waals surface area contributed by atoms with E-state index < -0.39 is 6.10 Å². The number of methoxy groups -OCH3 is 1. The third-order valence-electron chi connectivity index (χ3n) is 2.88. The topological polar surface area (TPSA) is 38.8 Å². The van der Waals surface area contributed by atoms with Crippen LogP contribution in [0.15, 0.2) is 0 Å². The quantitative estimate of drug-likeness (QED) is 0.653. The number of hydrogen-bond donors (Lipinski definition) is 0. The highest BCUT2D eigenvalue weighted by Gasteiger charge is 2.27. The third-order valence-corrected chi connectivity index (χ3v) is 2.88. The molecule has 0 spiro atoms. The minimum atomic E-state index is -0.396. The summed E-state index contributed by atoms with van der Waals surface area (Å²) in [5.74, 6) is 0.408. The lowest BCUT2D eigenvalue weighted by Gasteiger charge is -2.32. The number of carbonyl (C=O) groups excluding carboxylic acids is 1. The second-order valence-corrected chi connectivity index (χ2v) is 4.16. The van der Waals surface area contributed by atoms with E-state index in [0.717, 1.165) is 13.1 Å². The Morgan fingerprint density at radius 2 is 2.40 bits per heavy atom. The number of nitrogens with zero attached hydrogens (tertiary/aromatic N) is 1. The molecule has 1 heterocycles. The van der Waals surface area contributed by atoms with Gasteiger partial charge in [-0.2, -0.15) is 0 Å². The Bertz CT molecular complexity index is 208. The maximum absolute atomic E-state index is 11.3. The average molecular weight is 215 g/mol.